The Labute approximate surface area is 208 Å². The van der Waals surface area contributed by atoms with Crippen LogP contribution in [-0.4, -0.2) is 70.9 Å². The summed E-state index contributed by atoms with van der Waals surface area (Å²) in [7, 11) is 4.97. The molecule has 0 unspecified atom stereocenters. The number of carbonyl (C=O) groups is 1. The van der Waals surface area contributed by atoms with Crippen molar-refractivity contribution >= 4 is 40.0 Å². The number of carbonyl (C=O) groups excluding carboxylic acids is 1. The van der Waals surface area contributed by atoms with Crippen LogP contribution in [-0.2, 0) is 16.5 Å². The van der Waals surface area contributed by atoms with Crippen molar-refractivity contribution in [1.29, 1.82) is 0 Å². The first-order chi connectivity index (χ1) is 17.5. The number of nitrogens with zero attached hydrogens (tertiary/aromatic N) is 6. The number of hydrogen-bond acceptors (Lipinski definition) is 10. The van der Waals surface area contributed by atoms with Gasteiger partial charge in [0.2, 0.25) is 0 Å². The molecule has 36 heavy (non-hydrogen) atoms. The van der Waals surface area contributed by atoms with Gasteiger partial charge >= 0.3 is 5.97 Å². The lowest BCUT2D eigenvalue weighted by molar-refractivity contribution is 0.0595. The third kappa shape index (κ3) is 4.29. The Morgan fingerprint density at radius 2 is 1.94 bits per heavy atom. The largest absolute Gasteiger partial charge is 0.464 e. The number of hydrogen-bond donors (Lipinski definition) is 2. The monoisotopic (exact) mass is 488 g/mol. The number of anilines is 4. The standard InChI is InChI=1S/C25H28N8O3/c1-15-11-16(33-7-9-36-10-8-33)5-6-18(15)29-24-22(25(34)35-4)30-21(23(26-2)31-24)17-12-27-13-19-20(17)28-14-32(19)3/h5-6,11-14H,7-10H2,1-4H3,(H2,26,29,31). The summed E-state index contributed by atoms with van der Waals surface area (Å²) in [5.74, 6) is 0.170. The molecule has 11 nitrogen and oxygen atoms in total. The third-order valence-corrected chi connectivity index (χ3v) is 6.24. The predicted octanol–water partition coefficient (Wildman–Crippen LogP) is 3.14. The lowest BCUT2D eigenvalue weighted by Gasteiger charge is -2.29. The molecule has 11 heteroatoms. The van der Waals surface area contributed by atoms with Crippen molar-refractivity contribution < 1.29 is 14.3 Å². The zero-order valence-corrected chi connectivity index (χ0v) is 20.7. The lowest BCUT2D eigenvalue weighted by atomic mass is 10.1. The Morgan fingerprint density at radius 3 is 2.67 bits per heavy atom. The molecule has 1 fully saturated rings. The molecule has 3 aromatic heterocycles. The molecule has 0 spiro atoms. The summed E-state index contributed by atoms with van der Waals surface area (Å²) in [6, 6.07) is 6.14. The number of rotatable bonds is 6. The first-order valence-electron chi connectivity index (χ1n) is 11.6. The highest BCUT2D eigenvalue weighted by Crippen LogP contribution is 2.33. The van der Waals surface area contributed by atoms with Crippen LogP contribution < -0.4 is 15.5 Å². The van der Waals surface area contributed by atoms with E-state index in [-0.39, 0.29) is 5.69 Å². The quantitative estimate of drug-likeness (QED) is 0.392. The summed E-state index contributed by atoms with van der Waals surface area (Å²) in [6.45, 7) is 5.17. The number of nitrogens with one attached hydrogen (secondary N) is 2. The van der Waals surface area contributed by atoms with Crippen LogP contribution in [0.15, 0.2) is 36.9 Å². The molecule has 2 N–H and O–H groups in total. The smallest absolute Gasteiger partial charge is 0.360 e. The Bertz CT molecular complexity index is 1430. The molecule has 1 aliphatic heterocycles. The van der Waals surface area contributed by atoms with E-state index in [4.69, 9.17) is 14.5 Å². The minimum Gasteiger partial charge on any atom is -0.464 e. The summed E-state index contributed by atoms with van der Waals surface area (Å²) >= 11 is 0. The molecule has 0 amide bonds. The van der Waals surface area contributed by atoms with E-state index in [1.54, 1.807) is 25.8 Å². The Hall–Kier alpha value is -4.25. The number of benzene rings is 1. The van der Waals surface area contributed by atoms with Gasteiger partial charge in [-0.15, -0.1) is 0 Å². The van der Waals surface area contributed by atoms with Crippen molar-refractivity contribution in [2.24, 2.45) is 7.05 Å². The van der Waals surface area contributed by atoms with E-state index < -0.39 is 5.97 Å². The van der Waals surface area contributed by atoms with E-state index in [0.29, 0.717) is 28.4 Å². The second-order valence-corrected chi connectivity index (χ2v) is 8.49. The van der Waals surface area contributed by atoms with Gasteiger partial charge in [-0.25, -0.2) is 19.7 Å². The Morgan fingerprint density at radius 1 is 1.14 bits per heavy atom. The summed E-state index contributed by atoms with van der Waals surface area (Å²) < 4.78 is 12.4. The summed E-state index contributed by atoms with van der Waals surface area (Å²) in [4.78, 5) is 33.3. The first kappa shape index (κ1) is 23.5. The molecule has 4 heterocycles. The van der Waals surface area contributed by atoms with Crippen LogP contribution in [0.4, 0.5) is 23.0 Å². The van der Waals surface area contributed by atoms with Crippen LogP contribution in [0.1, 0.15) is 16.1 Å². The fourth-order valence-corrected chi connectivity index (χ4v) is 4.27. The normalized spacial score (nSPS) is 13.6. The SMILES string of the molecule is CNc1nc(Nc2ccc(N3CCOCC3)cc2C)c(C(=O)OC)nc1-c1cncc2c1ncn2C. The molecule has 186 valence electrons. The summed E-state index contributed by atoms with van der Waals surface area (Å²) in [5, 5.41) is 6.38. The fraction of sp³-hybridized carbons (Fsp3) is 0.320. The molecular formula is C25H28N8O3. The zero-order chi connectivity index (χ0) is 25.2. The maximum Gasteiger partial charge on any atom is 0.360 e. The van der Waals surface area contributed by atoms with Crippen molar-refractivity contribution in [3.05, 3.63) is 48.2 Å². The van der Waals surface area contributed by atoms with Crippen LogP contribution in [0, 0.1) is 6.92 Å². The molecule has 0 radical (unpaired) electrons. The number of morpholine rings is 1. The number of aromatic nitrogens is 5. The van der Waals surface area contributed by atoms with Gasteiger partial charge in [0.15, 0.2) is 17.3 Å². The second kappa shape index (κ2) is 9.78. The van der Waals surface area contributed by atoms with E-state index >= 15 is 0 Å². The van der Waals surface area contributed by atoms with Gasteiger partial charge in [-0.05, 0) is 30.7 Å². The molecule has 0 atom stereocenters. The number of aryl methyl sites for hydroxylation is 2. The third-order valence-electron chi connectivity index (χ3n) is 6.24. The molecule has 0 saturated carbocycles. The second-order valence-electron chi connectivity index (χ2n) is 8.49. The van der Waals surface area contributed by atoms with E-state index in [9.17, 15) is 4.79 Å². The topological polar surface area (TPSA) is 119 Å². The van der Waals surface area contributed by atoms with Gasteiger partial charge in [-0.1, -0.05) is 0 Å². The van der Waals surface area contributed by atoms with Crippen LogP contribution in [0.2, 0.25) is 0 Å². The lowest BCUT2D eigenvalue weighted by Crippen LogP contribution is -2.36. The van der Waals surface area contributed by atoms with Gasteiger partial charge in [0.25, 0.3) is 0 Å². The molecule has 1 aromatic carbocycles. The summed E-state index contributed by atoms with van der Waals surface area (Å²) in [6.07, 6.45) is 5.12. The maximum atomic E-state index is 12.8. The van der Waals surface area contributed by atoms with Gasteiger partial charge in [0.1, 0.15) is 11.2 Å². The Kier molecular flexibility index (Phi) is 6.38. The van der Waals surface area contributed by atoms with Gasteiger partial charge < -0.3 is 29.6 Å². The highest BCUT2D eigenvalue weighted by molar-refractivity contribution is 5.98. The van der Waals surface area contributed by atoms with E-state index in [2.05, 4.69) is 36.6 Å². The van der Waals surface area contributed by atoms with Crippen molar-refractivity contribution in [3.8, 4) is 11.3 Å². The van der Waals surface area contributed by atoms with Crippen LogP contribution in [0.5, 0.6) is 0 Å². The van der Waals surface area contributed by atoms with Gasteiger partial charge in [0, 0.05) is 44.8 Å². The van der Waals surface area contributed by atoms with Crippen molar-refractivity contribution in [2.75, 3.05) is 56.0 Å². The highest BCUT2D eigenvalue weighted by Gasteiger charge is 2.23. The molecule has 0 bridgehead atoms. The van der Waals surface area contributed by atoms with Gasteiger partial charge in [-0.2, -0.15) is 0 Å². The molecule has 4 aromatic rings. The average molecular weight is 489 g/mol. The minimum absolute atomic E-state index is 0.0658. The number of esters is 1. The van der Waals surface area contributed by atoms with E-state index in [1.165, 1.54) is 7.11 Å². The highest BCUT2D eigenvalue weighted by atomic mass is 16.5. The molecule has 0 aliphatic carbocycles. The van der Waals surface area contributed by atoms with E-state index in [1.807, 2.05) is 30.7 Å². The number of fused-ring (bicyclic) bond motifs is 1. The van der Waals surface area contributed by atoms with E-state index in [0.717, 1.165) is 48.8 Å². The number of pyridine rings is 1. The first-order valence-corrected chi connectivity index (χ1v) is 11.6. The Balaban J connectivity index is 1.56. The van der Waals surface area contributed by atoms with Gasteiger partial charge in [0.05, 0.1) is 43.9 Å². The van der Waals surface area contributed by atoms with Crippen LogP contribution >= 0.6 is 0 Å². The molecule has 5 rings (SSSR count). The molecule has 1 saturated heterocycles. The molecule has 1 aliphatic rings. The number of imidazole rings is 1. The average Bonchev–Trinajstić information content (AvgIpc) is 3.30. The maximum absolute atomic E-state index is 12.8. The van der Waals surface area contributed by atoms with Crippen molar-refractivity contribution in [1.82, 2.24) is 24.5 Å². The van der Waals surface area contributed by atoms with Gasteiger partial charge in [-0.3, -0.25) is 4.98 Å². The van der Waals surface area contributed by atoms with Crippen LogP contribution in [0.25, 0.3) is 22.3 Å². The van der Waals surface area contributed by atoms with Crippen molar-refractivity contribution in [2.45, 2.75) is 6.92 Å². The summed E-state index contributed by atoms with van der Waals surface area (Å²) in [5.41, 5.74) is 5.69. The van der Waals surface area contributed by atoms with Crippen LogP contribution in [0.3, 0.4) is 0 Å². The number of ether oxygens (including phenoxy) is 2. The number of methoxy groups -OCH3 is 1. The predicted molar refractivity (Wildman–Crippen MR) is 138 cm³/mol. The minimum atomic E-state index is -0.599. The fourth-order valence-electron chi connectivity index (χ4n) is 4.27. The molecular weight excluding hydrogens is 460 g/mol. The zero-order valence-electron chi connectivity index (χ0n) is 20.7. The van der Waals surface area contributed by atoms with Crippen molar-refractivity contribution in [3.63, 3.8) is 0 Å².